The van der Waals surface area contributed by atoms with Gasteiger partial charge < -0.3 is 10.0 Å². The molecule has 1 fully saturated rings. The van der Waals surface area contributed by atoms with Crippen molar-refractivity contribution in [2.75, 3.05) is 13.1 Å². The zero-order valence-corrected chi connectivity index (χ0v) is 11.4. The standard InChI is InChI=1S/C16H21NO2/c1-11-10-17(8-7-15(11)18)16(19)14-6-5-12-3-2-4-13(12)9-14/h5-6,9,11,15,18H,2-4,7-8,10H2,1H3. The maximum atomic E-state index is 12.5. The molecule has 3 nitrogen and oxygen atoms in total. The van der Waals surface area contributed by atoms with E-state index in [1.165, 1.54) is 17.5 Å². The van der Waals surface area contributed by atoms with Crippen molar-refractivity contribution in [3.05, 3.63) is 34.9 Å². The van der Waals surface area contributed by atoms with E-state index >= 15 is 0 Å². The number of hydrogen-bond donors (Lipinski definition) is 1. The Kier molecular flexibility index (Phi) is 3.31. The molecule has 1 N–H and O–H groups in total. The first-order chi connectivity index (χ1) is 9.15. The van der Waals surface area contributed by atoms with Crippen LogP contribution in [-0.2, 0) is 12.8 Å². The third-order valence-corrected chi connectivity index (χ3v) is 4.49. The lowest BCUT2D eigenvalue weighted by Gasteiger charge is -2.34. The van der Waals surface area contributed by atoms with Gasteiger partial charge in [0.25, 0.3) is 5.91 Å². The molecule has 1 saturated heterocycles. The minimum absolute atomic E-state index is 0.119. The van der Waals surface area contributed by atoms with Crippen molar-refractivity contribution in [1.29, 1.82) is 0 Å². The van der Waals surface area contributed by atoms with Crippen LogP contribution in [0.1, 0.15) is 41.3 Å². The highest BCUT2D eigenvalue weighted by Crippen LogP contribution is 2.24. The fraction of sp³-hybridized carbons (Fsp3) is 0.562. The number of likely N-dealkylation sites (tertiary alicyclic amines) is 1. The predicted molar refractivity (Wildman–Crippen MR) is 74.2 cm³/mol. The van der Waals surface area contributed by atoms with Crippen LogP contribution in [0.5, 0.6) is 0 Å². The van der Waals surface area contributed by atoms with Crippen molar-refractivity contribution in [2.24, 2.45) is 5.92 Å². The van der Waals surface area contributed by atoms with E-state index in [0.717, 1.165) is 18.4 Å². The summed E-state index contributed by atoms with van der Waals surface area (Å²) in [6.45, 7) is 3.34. The summed E-state index contributed by atoms with van der Waals surface area (Å²) < 4.78 is 0. The summed E-state index contributed by atoms with van der Waals surface area (Å²) in [5.74, 6) is 0.292. The van der Waals surface area contributed by atoms with Gasteiger partial charge in [0, 0.05) is 18.7 Å². The summed E-state index contributed by atoms with van der Waals surface area (Å²) in [6, 6.07) is 6.14. The lowest BCUT2D eigenvalue weighted by atomic mass is 9.96. The Labute approximate surface area is 114 Å². The first-order valence-electron chi connectivity index (χ1n) is 7.24. The molecule has 2 atom stereocenters. The number of aliphatic hydroxyl groups is 1. The zero-order valence-electron chi connectivity index (χ0n) is 11.4. The number of hydrogen-bond acceptors (Lipinski definition) is 2. The summed E-state index contributed by atoms with van der Waals surface area (Å²) in [5.41, 5.74) is 3.55. The molecular formula is C16H21NO2. The van der Waals surface area contributed by atoms with Crippen molar-refractivity contribution >= 4 is 5.91 Å². The Morgan fingerprint density at radius 1 is 1.32 bits per heavy atom. The maximum Gasteiger partial charge on any atom is 0.253 e. The average Bonchev–Trinajstić information content (AvgIpc) is 2.88. The molecule has 2 aliphatic rings. The van der Waals surface area contributed by atoms with Gasteiger partial charge in [-0.2, -0.15) is 0 Å². The Morgan fingerprint density at radius 2 is 2.11 bits per heavy atom. The first-order valence-corrected chi connectivity index (χ1v) is 7.24. The second kappa shape index (κ2) is 4.97. The van der Waals surface area contributed by atoms with Crippen LogP contribution in [0.2, 0.25) is 0 Å². The smallest absolute Gasteiger partial charge is 0.253 e. The van der Waals surface area contributed by atoms with E-state index in [9.17, 15) is 9.90 Å². The van der Waals surface area contributed by atoms with Crippen LogP contribution in [0.25, 0.3) is 0 Å². The van der Waals surface area contributed by atoms with Gasteiger partial charge in [-0.15, -0.1) is 0 Å². The van der Waals surface area contributed by atoms with E-state index in [4.69, 9.17) is 0 Å². The number of carbonyl (C=O) groups is 1. The van der Waals surface area contributed by atoms with Crippen molar-refractivity contribution in [3.8, 4) is 0 Å². The second-order valence-corrected chi connectivity index (χ2v) is 5.92. The van der Waals surface area contributed by atoms with Crippen molar-refractivity contribution in [3.63, 3.8) is 0 Å². The zero-order chi connectivity index (χ0) is 13.4. The Morgan fingerprint density at radius 3 is 2.89 bits per heavy atom. The topological polar surface area (TPSA) is 40.5 Å². The fourth-order valence-corrected chi connectivity index (χ4v) is 3.21. The minimum Gasteiger partial charge on any atom is -0.393 e. The molecule has 0 saturated carbocycles. The third-order valence-electron chi connectivity index (χ3n) is 4.49. The molecule has 19 heavy (non-hydrogen) atoms. The van der Waals surface area contributed by atoms with E-state index in [1.54, 1.807) is 0 Å². The molecule has 1 aliphatic carbocycles. The molecule has 0 bridgehead atoms. The van der Waals surface area contributed by atoms with Crippen LogP contribution in [0.15, 0.2) is 18.2 Å². The number of carbonyl (C=O) groups excluding carboxylic acids is 1. The van der Waals surface area contributed by atoms with Gasteiger partial charge in [0.2, 0.25) is 0 Å². The van der Waals surface area contributed by atoms with Crippen LogP contribution in [-0.4, -0.2) is 35.1 Å². The Hall–Kier alpha value is -1.35. The molecule has 1 heterocycles. The quantitative estimate of drug-likeness (QED) is 0.838. The lowest BCUT2D eigenvalue weighted by Crippen LogP contribution is -2.44. The van der Waals surface area contributed by atoms with Crippen LogP contribution < -0.4 is 0 Å². The predicted octanol–water partition coefficient (Wildman–Crippen LogP) is 2.02. The molecule has 0 spiro atoms. The largest absolute Gasteiger partial charge is 0.393 e. The van der Waals surface area contributed by atoms with Crippen LogP contribution in [0.4, 0.5) is 0 Å². The van der Waals surface area contributed by atoms with E-state index in [-0.39, 0.29) is 17.9 Å². The molecular weight excluding hydrogens is 238 g/mol. The number of rotatable bonds is 1. The molecule has 1 aliphatic heterocycles. The van der Waals surface area contributed by atoms with Gasteiger partial charge in [0.1, 0.15) is 0 Å². The molecule has 102 valence electrons. The van der Waals surface area contributed by atoms with Gasteiger partial charge in [-0.1, -0.05) is 13.0 Å². The second-order valence-electron chi connectivity index (χ2n) is 5.92. The number of benzene rings is 1. The van der Waals surface area contributed by atoms with Crippen molar-refractivity contribution in [2.45, 2.75) is 38.7 Å². The van der Waals surface area contributed by atoms with Gasteiger partial charge >= 0.3 is 0 Å². The molecule has 0 radical (unpaired) electrons. The molecule has 1 aromatic rings. The highest BCUT2D eigenvalue weighted by Gasteiger charge is 2.28. The SMILES string of the molecule is CC1CN(C(=O)c2ccc3c(c2)CCC3)CCC1O. The van der Waals surface area contributed by atoms with E-state index < -0.39 is 0 Å². The summed E-state index contributed by atoms with van der Waals surface area (Å²) in [6.07, 6.45) is 3.89. The lowest BCUT2D eigenvalue weighted by molar-refractivity contribution is 0.0297. The summed E-state index contributed by atoms with van der Waals surface area (Å²) in [5, 5.41) is 9.74. The molecule has 3 rings (SSSR count). The van der Waals surface area contributed by atoms with Crippen LogP contribution >= 0.6 is 0 Å². The highest BCUT2D eigenvalue weighted by atomic mass is 16.3. The molecule has 3 heteroatoms. The average molecular weight is 259 g/mol. The van der Waals surface area contributed by atoms with Crippen LogP contribution in [0, 0.1) is 5.92 Å². The maximum absolute atomic E-state index is 12.5. The number of nitrogens with zero attached hydrogens (tertiary/aromatic N) is 1. The van der Waals surface area contributed by atoms with Gasteiger partial charge in [-0.05, 0) is 54.9 Å². The molecule has 1 aromatic carbocycles. The first kappa shape index (κ1) is 12.7. The van der Waals surface area contributed by atoms with Crippen molar-refractivity contribution in [1.82, 2.24) is 4.90 Å². The third kappa shape index (κ3) is 2.39. The fourth-order valence-electron chi connectivity index (χ4n) is 3.21. The minimum atomic E-state index is -0.260. The number of aliphatic hydroxyl groups excluding tert-OH is 1. The summed E-state index contributed by atoms with van der Waals surface area (Å²) >= 11 is 0. The van der Waals surface area contributed by atoms with E-state index in [1.807, 2.05) is 17.9 Å². The Balaban J connectivity index is 1.77. The summed E-state index contributed by atoms with van der Waals surface area (Å²) in [4.78, 5) is 14.4. The normalized spacial score (nSPS) is 26.3. The monoisotopic (exact) mass is 259 g/mol. The number of fused-ring (bicyclic) bond motifs is 1. The summed E-state index contributed by atoms with van der Waals surface area (Å²) in [7, 11) is 0. The van der Waals surface area contributed by atoms with Gasteiger partial charge in [-0.3, -0.25) is 4.79 Å². The number of piperidine rings is 1. The van der Waals surface area contributed by atoms with Crippen molar-refractivity contribution < 1.29 is 9.90 Å². The van der Waals surface area contributed by atoms with Crippen LogP contribution in [0.3, 0.4) is 0 Å². The molecule has 2 unspecified atom stereocenters. The van der Waals surface area contributed by atoms with Gasteiger partial charge in [-0.25, -0.2) is 0 Å². The number of amides is 1. The van der Waals surface area contributed by atoms with E-state index in [0.29, 0.717) is 19.5 Å². The van der Waals surface area contributed by atoms with Gasteiger partial charge in [0.15, 0.2) is 0 Å². The molecule has 0 aromatic heterocycles. The number of aryl methyl sites for hydroxylation is 2. The van der Waals surface area contributed by atoms with E-state index in [2.05, 4.69) is 12.1 Å². The Bertz CT molecular complexity index is 498. The highest BCUT2D eigenvalue weighted by molar-refractivity contribution is 5.94. The van der Waals surface area contributed by atoms with Gasteiger partial charge in [0.05, 0.1) is 6.10 Å². The molecule has 1 amide bonds.